The summed E-state index contributed by atoms with van der Waals surface area (Å²) in [5.74, 6) is -4.30. The van der Waals surface area contributed by atoms with Crippen LogP contribution < -0.4 is 0 Å². The van der Waals surface area contributed by atoms with Crippen LogP contribution in [0.2, 0.25) is 0 Å². The number of carbonyl (C=O) groups excluding carboxylic acids is 2. The maximum absolute atomic E-state index is 13.6. The zero-order valence-electron chi connectivity index (χ0n) is 8.49. The van der Waals surface area contributed by atoms with Gasteiger partial charge in [-0.2, -0.15) is 4.39 Å². The molecule has 4 heteroatoms. The summed E-state index contributed by atoms with van der Waals surface area (Å²) in [6, 6.07) is 7.85. The number of halogens is 1. The second kappa shape index (κ2) is 4.21. The first-order valence-corrected chi connectivity index (χ1v) is 4.42. The van der Waals surface area contributed by atoms with Crippen molar-refractivity contribution in [1.82, 2.24) is 0 Å². The molecular weight excluding hydrogens is 199 g/mol. The Morgan fingerprint density at radius 2 is 1.80 bits per heavy atom. The Labute approximate surface area is 86.9 Å². The van der Waals surface area contributed by atoms with Crippen LogP contribution in [0.15, 0.2) is 30.3 Å². The van der Waals surface area contributed by atoms with Crippen LogP contribution in [0.4, 0.5) is 4.39 Å². The van der Waals surface area contributed by atoms with E-state index in [1.807, 2.05) is 0 Å². The molecule has 15 heavy (non-hydrogen) atoms. The molecule has 0 fully saturated rings. The summed E-state index contributed by atoms with van der Waals surface area (Å²) < 4.78 is 17.9. The van der Waals surface area contributed by atoms with Gasteiger partial charge in [0.15, 0.2) is 0 Å². The normalized spacial score (nSPS) is 14.1. The molecule has 1 atom stereocenters. The molecule has 3 nitrogen and oxygen atoms in total. The Morgan fingerprint density at radius 1 is 1.27 bits per heavy atom. The van der Waals surface area contributed by atoms with Gasteiger partial charge in [-0.1, -0.05) is 30.3 Å². The lowest BCUT2D eigenvalue weighted by Gasteiger charge is -2.18. The van der Waals surface area contributed by atoms with E-state index in [1.54, 1.807) is 18.2 Å². The van der Waals surface area contributed by atoms with Crippen LogP contribution in [0.25, 0.3) is 0 Å². The van der Waals surface area contributed by atoms with Gasteiger partial charge in [-0.25, -0.2) is 0 Å². The highest BCUT2D eigenvalue weighted by atomic mass is 19.2. The Hall–Kier alpha value is -1.71. The minimum atomic E-state index is -2.60. The lowest BCUT2D eigenvalue weighted by molar-refractivity contribution is -0.164. The summed E-state index contributed by atoms with van der Waals surface area (Å²) in [7, 11) is 0. The second-order valence-electron chi connectivity index (χ2n) is 3.21. The zero-order chi connectivity index (χ0) is 11.5. The van der Waals surface area contributed by atoms with Gasteiger partial charge < -0.3 is 4.74 Å². The van der Waals surface area contributed by atoms with Crippen molar-refractivity contribution in [1.29, 1.82) is 0 Å². The monoisotopic (exact) mass is 210 g/mol. The smallest absolute Gasteiger partial charge is 0.310 e. The summed E-state index contributed by atoms with van der Waals surface area (Å²) in [5, 5.41) is 0. The molecule has 1 aromatic carbocycles. The lowest BCUT2D eigenvalue weighted by atomic mass is 10.1. The molecular formula is C11H11FO3. The summed E-state index contributed by atoms with van der Waals surface area (Å²) >= 11 is 0. The molecule has 1 aromatic rings. The molecule has 0 spiro atoms. The van der Waals surface area contributed by atoms with Crippen LogP contribution in [-0.2, 0) is 9.53 Å². The van der Waals surface area contributed by atoms with Gasteiger partial charge in [0.2, 0.25) is 5.78 Å². The first kappa shape index (κ1) is 11.4. The molecule has 1 unspecified atom stereocenters. The van der Waals surface area contributed by atoms with Crippen molar-refractivity contribution in [3.05, 3.63) is 35.9 Å². The van der Waals surface area contributed by atoms with Crippen LogP contribution >= 0.6 is 0 Å². The van der Waals surface area contributed by atoms with Gasteiger partial charge in [-0.3, -0.25) is 9.59 Å². The van der Waals surface area contributed by atoms with E-state index in [4.69, 9.17) is 0 Å². The van der Waals surface area contributed by atoms with Crippen molar-refractivity contribution in [2.75, 3.05) is 0 Å². The number of ketones is 1. The Bertz CT molecular complexity index is 371. The summed E-state index contributed by atoms with van der Waals surface area (Å²) in [5.41, 5.74) is 0.170. The van der Waals surface area contributed by atoms with E-state index >= 15 is 0 Å². The van der Waals surface area contributed by atoms with Crippen molar-refractivity contribution >= 4 is 11.8 Å². The van der Waals surface area contributed by atoms with E-state index in [0.29, 0.717) is 0 Å². The minimum absolute atomic E-state index is 0.170. The molecule has 0 aliphatic rings. The summed E-state index contributed by atoms with van der Waals surface area (Å²) in [6.45, 7) is 1.97. The van der Waals surface area contributed by atoms with E-state index in [1.165, 1.54) is 12.1 Å². The van der Waals surface area contributed by atoms with Gasteiger partial charge >= 0.3 is 11.8 Å². The lowest BCUT2D eigenvalue weighted by Crippen LogP contribution is -2.35. The van der Waals surface area contributed by atoms with E-state index in [2.05, 4.69) is 4.74 Å². The number of hydrogen-bond acceptors (Lipinski definition) is 3. The number of ether oxygens (including phenoxy) is 1. The first-order valence-electron chi connectivity index (χ1n) is 4.42. The standard InChI is InChI=1S/C11H11FO3/c1-8(13)15-11(2,12)10(14)9-6-4-3-5-7-9/h3-7H,1-2H3. The third kappa shape index (κ3) is 2.87. The van der Waals surface area contributed by atoms with Crippen molar-refractivity contribution in [3.8, 4) is 0 Å². The number of Topliss-reactive ketones (excluding diaryl/α,β-unsaturated/α-hetero) is 1. The number of rotatable bonds is 3. The fourth-order valence-corrected chi connectivity index (χ4v) is 1.16. The highest BCUT2D eigenvalue weighted by molar-refractivity contribution is 6.01. The van der Waals surface area contributed by atoms with E-state index in [0.717, 1.165) is 13.8 Å². The SMILES string of the molecule is CC(=O)OC(C)(F)C(=O)c1ccccc1. The Kier molecular flexibility index (Phi) is 3.19. The molecule has 0 aliphatic heterocycles. The molecule has 0 saturated heterocycles. The molecule has 0 saturated carbocycles. The van der Waals surface area contributed by atoms with E-state index in [9.17, 15) is 14.0 Å². The molecule has 0 heterocycles. The van der Waals surface area contributed by atoms with Gasteiger partial charge in [0.25, 0.3) is 0 Å². The minimum Gasteiger partial charge on any atom is -0.421 e. The van der Waals surface area contributed by atoms with E-state index in [-0.39, 0.29) is 5.56 Å². The fraction of sp³-hybridized carbons (Fsp3) is 0.273. The van der Waals surface area contributed by atoms with Gasteiger partial charge in [0.1, 0.15) is 0 Å². The van der Waals surface area contributed by atoms with Crippen LogP contribution in [0.1, 0.15) is 24.2 Å². The molecule has 0 N–H and O–H groups in total. The number of alkyl halides is 1. The predicted octanol–water partition coefficient (Wildman–Crippen LogP) is 2.12. The third-order valence-corrected chi connectivity index (χ3v) is 1.78. The van der Waals surface area contributed by atoms with Gasteiger partial charge in [-0.05, 0) is 0 Å². The van der Waals surface area contributed by atoms with Crippen molar-refractivity contribution < 1.29 is 18.7 Å². The fourth-order valence-electron chi connectivity index (χ4n) is 1.16. The largest absolute Gasteiger partial charge is 0.421 e. The van der Waals surface area contributed by atoms with Gasteiger partial charge in [-0.15, -0.1) is 0 Å². The van der Waals surface area contributed by atoms with Crippen LogP contribution in [0, 0.1) is 0 Å². The van der Waals surface area contributed by atoms with Crippen molar-refractivity contribution in [2.24, 2.45) is 0 Å². The molecule has 0 aliphatic carbocycles. The predicted molar refractivity (Wildman–Crippen MR) is 52.1 cm³/mol. The summed E-state index contributed by atoms with van der Waals surface area (Å²) in [6.07, 6.45) is 0. The molecule has 0 aromatic heterocycles. The van der Waals surface area contributed by atoms with Gasteiger partial charge in [0.05, 0.1) is 0 Å². The highest BCUT2D eigenvalue weighted by Gasteiger charge is 2.36. The first-order chi connectivity index (χ1) is 6.93. The number of hydrogen-bond donors (Lipinski definition) is 0. The quantitative estimate of drug-likeness (QED) is 0.567. The number of esters is 1. The Balaban J connectivity index is 2.89. The van der Waals surface area contributed by atoms with Crippen LogP contribution in [-0.4, -0.2) is 17.6 Å². The average Bonchev–Trinajstić information content (AvgIpc) is 2.16. The van der Waals surface area contributed by atoms with Crippen molar-refractivity contribution in [2.45, 2.75) is 19.7 Å². The maximum atomic E-state index is 13.6. The topological polar surface area (TPSA) is 43.4 Å². The van der Waals surface area contributed by atoms with Crippen LogP contribution in [0.3, 0.4) is 0 Å². The molecule has 0 bridgehead atoms. The van der Waals surface area contributed by atoms with Gasteiger partial charge in [0, 0.05) is 19.4 Å². The molecule has 0 radical (unpaired) electrons. The third-order valence-electron chi connectivity index (χ3n) is 1.78. The molecule has 80 valence electrons. The Morgan fingerprint density at radius 3 is 2.27 bits per heavy atom. The van der Waals surface area contributed by atoms with Crippen LogP contribution in [0.5, 0.6) is 0 Å². The summed E-state index contributed by atoms with van der Waals surface area (Å²) in [4.78, 5) is 22.1. The zero-order valence-corrected chi connectivity index (χ0v) is 8.49. The number of carbonyl (C=O) groups is 2. The molecule has 0 amide bonds. The van der Waals surface area contributed by atoms with E-state index < -0.39 is 17.6 Å². The second-order valence-corrected chi connectivity index (χ2v) is 3.21. The van der Waals surface area contributed by atoms with Crippen molar-refractivity contribution in [3.63, 3.8) is 0 Å². The average molecular weight is 210 g/mol. The molecule has 1 rings (SSSR count). The number of benzene rings is 1. The highest BCUT2D eigenvalue weighted by Crippen LogP contribution is 2.19. The maximum Gasteiger partial charge on any atom is 0.310 e.